The van der Waals surface area contributed by atoms with Crippen molar-refractivity contribution in [3.63, 3.8) is 0 Å². The van der Waals surface area contributed by atoms with Gasteiger partial charge in [-0.2, -0.15) is 0 Å². The lowest BCUT2D eigenvalue weighted by atomic mass is 10.1. The summed E-state index contributed by atoms with van der Waals surface area (Å²) in [4.78, 5) is 0. The monoisotopic (exact) mass is 419 g/mol. The highest BCUT2D eigenvalue weighted by atomic mass is 15.1. The lowest BCUT2D eigenvalue weighted by Crippen LogP contribution is -2.37. The fourth-order valence-corrected chi connectivity index (χ4v) is 4.56. The standard InChI is InChI=1S/C28H55N2/c1-4-7-10-13-15-18-21-24-29-26-27-30(25-22-19-16-14-11-8-5-2)28(29)23-20-17-12-9-6-3/h26-27H,4-25H2,1-3H3/q+1. The van der Waals surface area contributed by atoms with Gasteiger partial charge in [-0.05, 0) is 32.1 Å². The van der Waals surface area contributed by atoms with Crippen LogP contribution in [-0.4, -0.2) is 4.57 Å². The first-order chi connectivity index (χ1) is 14.8. The maximum atomic E-state index is 2.59. The van der Waals surface area contributed by atoms with Gasteiger partial charge >= 0.3 is 0 Å². The first kappa shape index (κ1) is 27.2. The van der Waals surface area contributed by atoms with Crippen LogP contribution in [0.25, 0.3) is 0 Å². The maximum absolute atomic E-state index is 2.59. The summed E-state index contributed by atoms with van der Waals surface area (Å²) >= 11 is 0. The number of imidazole rings is 1. The van der Waals surface area contributed by atoms with E-state index >= 15 is 0 Å². The molecule has 0 aliphatic carbocycles. The lowest BCUT2D eigenvalue weighted by molar-refractivity contribution is -0.704. The highest BCUT2D eigenvalue weighted by Crippen LogP contribution is 2.12. The quantitative estimate of drug-likeness (QED) is 0.131. The van der Waals surface area contributed by atoms with E-state index in [1.165, 1.54) is 142 Å². The number of rotatable bonds is 22. The summed E-state index contributed by atoms with van der Waals surface area (Å²) in [5, 5.41) is 0. The van der Waals surface area contributed by atoms with E-state index in [1.807, 2.05) is 0 Å². The van der Waals surface area contributed by atoms with Crippen molar-refractivity contribution in [2.45, 2.75) is 162 Å². The summed E-state index contributed by atoms with van der Waals surface area (Å²) in [6.45, 7) is 9.36. The molecule has 0 spiro atoms. The molecule has 1 aromatic heterocycles. The summed E-state index contributed by atoms with van der Waals surface area (Å²) < 4.78 is 5.18. The Bertz CT molecular complexity index is 441. The Kier molecular flexibility index (Phi) is 18.3. The molecule has 0 fully saturated rings. The number of hydrogen-bond acceptors (Lipinski definition) is 0. The molecule has 1 aromatic rings. The summed E-state index contributed by atoms with van der Waals surface area (Å²) in [6, 6.07) is 0. The molecule has 0 aliphatic rings. The van der Waals surface area contributed by atoms with Crippen molar-refractivity contribution in [1.29, 1.82) is 0 Å². The van der Waals surface area contributed by atoms with Crippen LogP contribution >= 0.6 is 0 Å². The zero-order valence-corrected chi connectivity index (χ0v) is 21.1. The van der Waals surface area contributed by atoms with Gasteiger partial charge in [0.05, 0.1) is 13.1 Å². The molecule has 1 rings (SSSR count). The van der Waals surface area contributed by atoms with E-state index in [0.717, 1.165) is 0 Å². The molecule has 2 nitrogen and oxygen atoms in total. The number of unbranched alkanes of at least 4 members (excludes halogenated alkanes) is 16. The zero-order valence-electron chi connectivity index (χ0n) is 21.1. The van der Waals surface area contributed by atoms with Crippen molar-refractivity contribution in [3.05, 3.63) is 18.2 Å². The fourth-order valence-electron chi connectivity index (χ4n) is 4.56. The van der Waals surface area contributed by atoms with Crippen molar-refractivity contribution < 1.29 is 4.57 Å². The van der Waals surface area contributed by atoms with Crippen molar-refractivity contribution in [2.75, 3.05) is 0 Å². The van der Waals surface area contributed by atoms with E-state index in [9.17, 15) is 0 Å². The van der Waals surface area contributed by atoms with Crippen molar-refractivity contribution in [1.82, 2.24) is 4.57 Å². The first-order valence-electron chi connectivity index (χ1n) is 13.9. The molecule has 2 heteroatoms. The highest BCUT2D eigenvalue weighted by molar-refractivity contribution is 4.84. The second-order valence-electron chi connectivity index (χ2n) is 9.51. The predicted octanol–water partition coefficient (Wildman–Crippen LogP) is 8.79. The van der Waals surface area contributed by atoms with E-state index in [-0.39, 0.29) is 0 Å². The molecule has 176 valence electrons. The van der Waals surface area contributed by atoms with E-state index in [2.05, 4.69) is 42.3 Å². The van der Waals surface area contributed by atoms with Gasteiger partial charge in [-0.3, -0.25) is 0 Å². The third kappa shape index (κ3) is 13.5. The van der Waals surface area contributed by atoms with Gasteiger partial charge in [0.15, 0.2) is 0 Å². The number of nitrogens with zero attached hydrogens (tertiary/aromatic N) is 2. The zero-order chi connectivity index (χ0) is 21.7. The summed E-state index contributed by atoms with van der Waals surface area (Å²) in [6.07, 6.45) is 32.5. The summed E-state index contributed by atoms with van der Waals surface area (Å²) in [5.41, 5.74) is 0. The van der Waals surface area contributed by atoms with E-state index in [1.54, 1.807) is 5.82 Å². The molecule has 0 N–H and O–H groups in total. The van der Waals surface area contributed by atoms with Gasteiger partial charge < -0.3 is 0 Å². The minimum atomic E-state index is 1.22. The molecule has 0 saturated carbocycles. The van der Waals surface area contributed by atoms with Crippen molar-refractivity contribution >= 4 is 0 Å². The van der Waals surface area contributed by atoms with Crippen molar-refractivity contribution in [3.8, 4) is 0 Å². The van der Waals surface area contributed by atoms with E-state index < -0.39 is 0 Å². The second kappa shape index (κ2) is 20.1. The highest BCUT2D eigenvalue weighted by Gasteiger charge is 2.16. The Balaban J connectivity index is 2.40. The maximum Gasteiger partial charge on any atom is 0.256 e. The minimum absolute atomic E-state index is 1.22. The Morgan fingerprint density at radius 3 is 1.60 bits per heavy atom. The van der Waals surface area contributed by atoms with Gasteiger partial charge in [-0.1, -0.05) is 111 Å². The average Bonchev–Trinajstić information content (AvgIpc) is 3.14. The van der Waals surface area contributed by atoms with Crippen LogP contribution in [0, 0.1) is 0 Å². The predicted molar refractivity (Wildman–Crippen MR) is 133 cm³/mol. The number of aryl methyl sites for hydroxylation is 2. The third-order valence-electron chi connectivity index (χ3n) is 6.60. The minimum Gasteiger partial charge on any atom is -0.234 e. The normalized spacial score (nSPS) is 11.4. The molecule has 0 aromatic carbocycles. The Labute approximate surface area is 189 Å². The number of hydrogen-bond donors (Lipinski definition) is 0. The molecule has 0 bridgehead atoms. The molecule has 0 saturated heterocycles. The molecule has 0 unspecified atom stereocenters. The van der Waals surface area contributed by atoms with Crippen LogP contribution in [0.1, 0.15) is 149 Å². The summed E-state index contributed by atoms with van der Waals surface area (Å²) in [5.74, 6) is 1.60. The van der Waals surface area contributed by atoms with Gasteiger partial charge in [0, 0.05) is 6.42 Å². The largest absolute Gasteiger partial charge is 0.256 e. The Hall–Kier alpha value is -0.790. The van der Waals surface area contributed by atoms with Gasteiger partial charge in [-0.25, -0.2) is 9.13 Å². The van der Waals surface area contributed by atoms with Gasteiger partial charge in [-0.15, -0.1) is 0 Å². The van der Waals surface area contributed by atoms with Crippen LogP contribution in [0.5, 0.6) is 0 Å². The van der Waals surface area contributed by atoms with Crippen LogP contribution in [0.15, 0.2) is 12.4 Å². The van der Waals surface area contributed by atoms with Crippen LogP contribution in [0.2, 0.25) is 0 Å². The van der Waals surface area contributed by atoms with Crippen LogP contribution < -0.4 is 4.57 Å². The second-order valence-corrected chi connectivity index (χ2v) is 9.51. The van der Waals surface area contributed by atoms with Crippen LogP contribution in [0.4, 0.5) is 0 Å². The molecule has 0 radical (unpaired) electrons. The molecule has 1 heterocycles. The molecule has 30 heavy (non-hydrogen) atoms. The van der Waals surface area contributed by atoms with Gasteiger partial charge in [0.1, 0.15) is 12.4 Å². The first-order valence-corrected chi connectivity index (χ1v) is 13.9. The fraction of sp³-hybridized carbons (Fsp3) is 0.893. The molecular formula is C28H55N2+. The van der Waals surface area contributed by atoms with Gasteiger partial charge in [0.2, 0.25) is 0 Å². The molecule has 0 amide bonds. The van der Waals surface area contributed by atoms with Gasteiger partial charge in [0.25, 0.3) is 5.82 Å². The van der Waals surface area contributed by atoms with Crippen molar-refractivity contribution in [2.24, 2.45) is 0 Å². The number of aromatic nitrogens is 2. The smallest absolute Gasteiger partial charge is 0.234 e. The molecule has 0 atom stereocenters. The molecular weight excluding hydrogens is 364 g/mol. The molecule has 0 aliphatic heterocycles. The van der Waals surface area contributed by atoms with Crippen LogP contribution in [-0.2, 0) is 19.5 Å². The lowest BCUT2D eigenvalue weighted by Gasteiger charge is -2.07. The summed E-state index contributed by atoms with van der Waals surface area (Å²) in [7, 11) is 0. The third-order valence-corrected chi connectivity index (χ3v) is 6.60. The van der Waals surface area contributed by atoms with E-state index in [4.69, 9.17) is 0 Å². The topological polar surface area (TPSA) is 8.81 Å². The SMILES string of the molecule is CCCCCCCCCn1cc[n+](CCCCCCCCC)c1CCCCCCC. The van der Waals surface area contributed by atoms with Crippen LogP contribution in [0.3, 0.4) is 0 Å². The Morgan fingerprint density at radius 2 is 1.03 bits per heavy atom. The van der Waals surface area contributed by atoms with E-state index in [0.29, 0.717) is 0 Å². The average molecular weight is 420 g/mol. The Morgan fingerprint density at radius 1 is 0.567 bits per heavy atom.